The Kier molecular flexibility index (Phi) is 5.48. The summed E-state index contributed by atoms with van der Waals surface area (Å²) >= 11 is 0. The number of benzene rings is 2. The molecule has 1 heterocycles. The van der Waals surface area contributed by atoms with E-state index in [1.165, 1.54) is 14.2 Å². The first kappa shape index (κ1) is 17.5. The lowest BCUT2D eigenvalue weighted by atomic mass is 10.1. The topological polar surface area (TPSA) is 86.5 Å². The quantitative estimate of drug-likeness (QED) is 0.703. The standard InChI is InChI=1S/C19H19N3O4/c1-24-15-9-14(10-16(11-15)25-2)19(23)20-12-17-21-18(26-22-17)8-13-6-4-3-5-7-13/h3-7,9-11H,8,12H2,1-2H3,(H,20,23). The van der Waals surface area contributed by atoms with Crippen molar-refractivity contribution in [2.24, 2.45) is 0 Å². The van der Waals surface area contributed by atoms with Gasteiger partial charge in [0.25, 0.3) is 5.91 Å². The number of nitrogens with zero attached hydrogens (tertiary/aromatic N) is 2. The van der Waals surface area contributed by atoms with Crippen molar-refractivity contribution >= 4 is 5.91 Å². The van der Waals surface area contributed by atoms with E-state index in [9.17, 15) is 4.79 Å². The third-order valence-electron chi connectivity index (χ3n) is 3.73. The number of ether oxygens (including phenoxy) is 2. The highest BCUT2D eigenvalue weighted by molar-refractivity contribution is 5.95. The smallest absolute Gasteiger partial charge is 0.251 e. The molecule has 0 aliphatic rings. The van der Waals surface area contributed by atoms with Crippen molar-refractivity contribution in [2.75, 3.05) is 14.2 Å². The predicted molar refractivity (Wildman–Crippen MR) is 94.3 cm³/mol. The third kappa shape index (κ3) is 4.38. The number of carbonyl (C=O) groups is 1. The van der Waals surface area contributed by atoms with E-state index in [0.717, 1.165) is 5.56 Å². The summed E-state index contributed by atoms with van der Waals surface area (Å²) in [7, 11) is 3.06. The fraction of sp³-hybridized carbons (Fsp3) is 0.211. The van der Waals surface area contributed by atoms with Gasteiger partial charge in [-0.1, -0.05) is 35.5 Å². The van der Waals surface area contributed by atoms with Gasteiger partial charge in [0.1, 0.15) is 11.5 Å². The minimum Gasteiger partial charge on any atom is -0.497 e. The molecule has 0 saturated carbocycles. The number of hydrogen-bond acceptors (Lipinski definition) is 6. The Morgan fingerprint density at radius 1 is 1.08 bits per heavy atom. The van der Waals surface area contributed by atoms with E-state index in [-0.39, 0.29) is 12.5 Å². The zero-order chi connectivity index (χ0) is 18.4. The second kappa shape index (κ2) is 8.15. The molecule has 0 unspecified atom stereocenters. The van der Waals surface area contributed by atoms with E-state index in [4.69, 9.17) is 14.0 Å². The van der Waals surface area contributed by atoms with E-state index < -0.39 is 0 Å². The van der Waals surface area contributed by atoms with Crippen LogP contribution in [0, 0.1) is 0 Å². The number of carbonyl (C=O) groups excluding carboxylic acids is 1. The summed E-state index contributed by atoms with van der Waals surface area (Å²) in [6, 6.07) is 14.8. The SMILES string of the molecule is COc1cc(OC)cc(C(=O)NCc2noc(Cc3ccccc3)n2)c1. The van der Waals surface area contributed by atoms with Crippen molar-refractivity contribution in [1.29, 1.82) is 0 Å². The van der Waals surface area contributed by atoms with Gasteiger partial charge in [0.15, 0.2) is 5.82 Å². The first-order valence-electron chi connectivity index (χ1n) is 8.04. The van der Waals surface area contributed by atoms with Crippen LogP contribution in [0.3, 0.4) is 0 Å². The van der Waals surface area contributed by atoms with Crippen molar-refractivity contribution < 1.29 is 18.8 Å². The molecule has 1 amide bonds. The third-order valence-corrected chi connectivity index (χ3v) is 3.73. The van der Waals surface area contributed by atoms with E-state index >= 15 is 0 Å². The van der Waals surface area contributed by atoms with E-state index in [1.54, 1.807) is 18.2 Å². The molecule has 0 radical (unpaired) electrons. The molecule has 1 N–H and O–H groups in total. The van der Waals surface area contributed by atoms with Gasteiger partial charge in [-0.3, -0.25) is 4.79 Å². The zero-order valence-corrected chi connectivity index (χ0v) is 14.6. The van der Waals surface area contributed by atoms with Crippen LogP contribution in [0.15, 0.2) is 53.1 Å². The van der Waals surface area contributed by atoms with Crippen LogP contribution in [0.25, 0.3) is 0 Å². The molecular weight excluding hydrogens is 334 g/mol. The van der Waals surface area contributed by atoms with Crippen LogP contribution < -0.4 is 14.8 Å². The molecule has 7 heteroatoms. The lowest BCUT2D eigenvalue weighted by Gasteiger charge is -2.08. The number of methoxy groups -OCH3 is 2. The Labute approximate surface area is 150 Å². The van der Waals surface area contributed by atoms with Gasteiger partial charge < -0.3 is 19.3 Å². The fourth-order valence-electron chi connectivity index (χ4n) is 2.40. The molecule has 3 aromatic rings. The number of amides is 1. The summed E-state index contributed by atoms with van der Waals surface area (Å²) in [6.45, 7) is 0.163. The predicted octanol–water partition coefficient (Wildman–Crippen LogP) is 2.61. The maximum Gasteiger partial charge on any atom is 0.251 e. The summed E-state index contributed by atoms with van der Waals surface area (Å²) < 4.78 is 15.6. The van der Waals surface area contributed by atoms with E-state index in [0.29, 0.717) is 35.2 Å². The number of aromatic nitrogens is 2. The van der Waals surface area contributed by atoms with Gasteiger partial charge in [0.05, 0.1) is 27.2 Å². The summed E-state index contributed by atoms with van der Waals surface area (Å²) in [5.41, 5.74) is 1.50. The van der Waals surface area contributed by atoms with E-state index in [2.05, 4.69) is 15.5 Å². The van der Waals surface area contributed by atoms with Crippen LogP contribution in [0.2, 0.25) is 0 Å². The summed E-state index contributed by atoms with van der Waals surface area (Å²) in [4.78, 5) is 16.6. The summed E-state index contributed by atoms with van der Waals surface area (Å²) in [6.07, 6.45) is 0.550. The zero-order valence-electron chi connectivity index (χ0n) is 14.6. The normalized spacial score (nSPS) is 10.4. The maximum absolute atomic E-state index is 12.3. The van der Waals surface area contributed by atoms with E-state index in [1.807, 2.05) is 30.3 Å². The minimum atomic E-state index is -0.281. The molecule has 26 heavy (non-hydrogen) atoms. The van der Waals surface area contributed by atoms with Crippen molar-refractivity contribution in [1.82, 2.24) is 15.5 Å². The summed E-state index contributed by atoms with van der Waals surface area (Å²) in [5, 5.41) is 6.66. The summed E-state index contributed by atoms with van der Waals surface area (Å²) in [5.74, 6) is 1.72. The molecule has 7 nitrogen and oxygen atoms in total. The Balaban J connectivity index is 1.61. The van der Waals surface area contributed by atoms with Gasteiger partial charge in [0, 0.05) is 11.6 Å². The second-order valence-corrected chi connectivity index (χ2v) is 5.55. The van der Waals surface area contributed by atoms with Gasteiger partial charge in [-0.15, -0.1) is 0 Å². The second-order valence-electron chi connectivity index (χ2n) is 5.55. The van der Waals surface area contributed by atoms with Gasteiger partial charge in [0.2, 0.25) is 5.89 Å². The van der Waals surface area contributed by atoms with Crippen LogP contribution in [0.5, 0.6) is 11.5 Å². The Hall–Kier alpha value is -3.35. The molecule has 0 spiro atoms. The Morgan fingerprint density at radius 2 is 1.77 bits per heavy atom. The molecule has 0 aliphatic carbocycles. The number of nitrogens with one attached hydrogen (secondary N) is 1. The first-order chi connectivity index (χ1) is 12.7. The molecular formula is C19H19N3O4. The van der Waals surface area contributed by atoms with Crippen molar-refractivity contribution in [3.8, 4) is 11.5 Å². The molecule has 3 rings (SSSR count). The maximum atomic E-state index is 12.3. The molecule has 0 bridgehead atoms. The average molecular weight is 353 g/mol. The van der Waals surface area contributed by atoms with Crippen molar-refractivity contribution in [3.63, 3.8) is 0 Å². The number of hydrogen-bond donors (Lipinski definition) is 1. The molecule has 1 aromatic heterocycles. The van der Waals surface area contributed by atoms with Gasteiger partial charge >= 0.3 is 0 Å². The van der Waals surface area contributed by atoms with Crippen LogP contribution in [0.4, 0.5) is 0 Å². The van der Waals surface area contributed by atoms with Crippen LogP contribution in [-0.2, 0) is 13.0 Å². The lowest BCUT2D eigenvalue weighted by molar-refractivity contribution is 0.0949. The Bertz CT molecular complexity index is 855. The molecule has 0 atom stereocenters. The van der Waals surface area contributed by atoms with Crippen molar-refractivity contribution in [3.05, 3.63) is 71.4 Å². The molecule has 2 aromatic carbocycles. The fourth-order valence-corrected chi connectivity index (χ4v) is 2.40. The monoisotopic (exact) mass is 353 g/mol. The number of rotatable bonds is 7. The Morgan fingerprint density at radius 3 is 2.42 bits per heavy atom. The molecule has 0 saturated heterocycles. The van der Waals surface area contributed by atoms with Gasteiger partial charge in [-0.25, -0.2) is 0 Å². The van der Waals surface area contributed by atoms with Crippen LogP contribution in [-0.4, -0.2) is 30.3 Å². The van der Waals surface area contributed by atoms with Crippen molar-refractivity contribution in [2.45, 2.75) is 13.0 Å². The molecule has 0 aliphatic heterocycles. The van der Waals surface area contributed by atoms with Gasteiger partial charge in [-0.05, 0) is 17.7 Å². The van der Waals surface area contributed by atoms with Gasteiger partial charge in [-0.2, -0.15) is 4.98 Å². The van der Waals surface area contributed by atoms with Crippen LogP contribution >= 0.6 is 0 Å². The minimum absolute atomic E-state index is 0.163. The molecule has 134 valence electrons. The highest BCUT2D eigenvalue weighted by Crippen LogP contribution is 2.22. The van der Waals surface area contributed by atoms with Crippen LogP contribution in [0.1, 0.15) is 27.6 Å². The first-order valence-corrected chi connectivity index (χ1v) is 8.04. The average Bonchev–Trinajstić information content (AvgIpc) is 3.13. The largest absolute Gasteiger partial charge is 0.497 e. The molecule has 0 fully saturated rings. The lowest BCUT2D eigenvalue weighted by Crippen LogP contribution is -2.23. The highest BCUT2D eigenvalue weighted by Gasteiger charge is 2.12. The highest BCUT2D eigenvalue weighted by atomic mass is 16.5.